The highest BCUT2D eigenvalue weighted by atomic mass is 32.1. The Balaban J connectivity index is 1.26. The first-order valence-electron chi connectivity index (χ1n) is 14.6. The summed E-state index contributed by atoms with van der Waals surface area (Å²) in [5.74, 6) is 0. The van der Waals surface area contributed by atoms with E-state index >= 15 is 0 Å². The number of fused-ring (bicyclic) bond motifs is 6. The van der Waals surface area contributed by atoms with Gasteiger partial charge in [0.15, 0.2) is 0 Å². The van der Waals surface area contributed by atoms with Crippen LogP contribution in [0.4, 0.5) is 0 Å². The van der Waals surface area contributed by atoms with E-state index in [1.807, 2.05) is 47.5 Å². The van der Waals surface area contributed by atoms with Crippen molar-refractivity contribution >= 4 is 63.0 Å². The Morgan fingerprint density at radius 3 is 1.55 bits per heavy atom. The average molecular weight is 597 g/mol. The molecule has 0 fully saturated rings. The second-order valence-corrected chi connectivity index (χ2v) is 13.2. The van der Waals surface area contributed by atoms with Crippen molar-refractivity contribution in [3.05, 3.63) is 146 Å². The molecule has 2 nitrogen and oxygen atoms in total. The SMILES string of the molecule is c1ccc2c(c1)sc1ccc(-c3cccc4c3sc3c(-c5cc(-c6ccncc6)cc(-c6ccncc6)c5)cccc34)cc12. The average Bonchev–Trinajstić information content (AvgIpc) is 3.67. The van der Waals surface area contributed by atoms with Gasteiger partial charge in [-0.15, -0.1) is 22.7 Å². The second kappa shape index (κ2) is 10.2. The predicted molar refractivity (Wildman–Crippen MR) is 190 cm³/mol. The highest BCUT2D eigenvalue weighted by molar-refractivity contribution is 7.27. The van der Waals surface area contributed by atoms with Gasteiger partial charge >= 0.3 is 0 Å². The van der Waals surface area contributed by atoms with Gasteiger partial charge in [0.1, 0.15) is 0 Å². The number of nitrogens with zero attached hydrogens (tertiary/aromatic N) is 2. The molecule has 4 heteroatoms. The summed E-state index contributed by atoms with van der Waals surface area (Å²) in [7, 11) is 0. The van der Waals surface area contributed by atoms with E-state index in [-0.39, 0.29) is 0 Å². The van der Waals surface area contributed by atoms with Gasteiger partial charge < -0.3 is 0 Å². The molecular weight excluding hydrogens is 573 g/mol. The van der Waals surface area contributed by atoms with E-state index < -0.39 is 0 Å². The molecule has 0 unspecified atom stereocenters. The fourth-order valence-electron chi connectivity index (χ4n) is 6.37. The van der Waals surface area contributed by atoms with Crippen LogP contribution in [-0.4, -0.2) is 9.97 Å². The molecule has 44 heavy (non-hydrogen) atoms. The number of benzene rings is 5. The molecule has 5 aromatic carbocycles. The maximum absolute atomic E-state index is 4.25. The Bertz CT molecular complexity index is 2430. The quantitative estimate of drug-likeness (QED) is 0.202. The molecule has 0 atom stereocenters. The van der Waals surface area contributed by atoms with Crippen molar-refractivity contribution < 1.29 is 0 Å². The van der Waals surface area contributed by atoms with Crippen molar-refractivity contribution in [2.75, 3.05) is 0 Å². The van der Waals surface area contributed by atoms with Gasteiger partial charge in [-0.05, 0) is 105 Å². The Hall–Kier alpha value is -5.16. The largest absolute Gasteiger partial charge is 0.265 e. The summed E-state index contributed by atoms with van der Waals surface area (Å²) in [6, 6.07) is 44.4. The molecule has 0 saturated carbocycles. The zero-order valence-corrected chi connectivity index (χ0v) is 25.2. The molecule has 0 saturated heterocycles. The van der Waals surface area contributed by atoms with Gasteiger partial charge in [-0.2, -0.15) is 0 Å². The van der Waals surface area contributed by atoms with Crippen molar-refractivity contribution in [1.29, 1.82) is 0 Å². The van der Waals surface area contributed by atoms with E-state index in [4.69, 9.17) is 0 Å². The first-order chi connectivity index (χ1) is 21.8. The predicted octanol–water partition coefficient (Wildman–Crippen LogP) is 11.9. The van der Waals surface area contributed by atoms with E-state index in [9.17, 15) is 0 Å². The van der Waals surface area contributed by atoms with Crippen molar-refractivity contribution in [2.24, 2.45) is 0 Å². The first kappa shape index (κ1) is 25.3. The molecule has 9 aromatic rings. The zero-order valence-electron chi connectivity index (χ0n) is 23.6. The molecule has 0 radical (unpaired) electrons. The van der Waals surface area contributed by atoms with Crippen LogP contribution >= 0.6 is 22.7 Å². The molecule has 0 aliphatic rings. The van der Waals surface area contributed by atoms with E-state index in [0.29, 0.717) is 0 Å². The maximum atomic E-state index is 4.25. The molecule has 4 heterocycles. The van der Waals surface area contributed by atoms with Gasteiger partial charge in [0.05, 0.1) is 0 Å². The summed E-state index contributed by atoms with van der Waals surface area (Å²) >= 11 is 3.77. The Labute approximate surface area is 262 Å². The van der Waals surface area contributed by atoms with Crippen LogP contribution in [0.15, 0.2) is 146 Å². The van der Waals surface area contributed by atoms with E-state index in [1.165, 1.54) is 73.7 Å². The summed E-state index contributed by atoms with van der Waals surface area (Å²) in [5.41, 5.74) is 9.66. The molecule has 0 amide bonds. The third-order valence-corrected chi connectivity index (χ3v) is 10.9. The summed E-state index contributed by atoms with van der Waals surface area (Å²) in [5, 5.41) is 5.27. The van der Waals surface area contributed by atoms with E-state index in [2.05, 4.69) is 131 Å². The Kier molecular flexibility index (Phi) is 5.90. The summed E-state index contributed by atoms with van der Waals surface area (Å²) < 4.78 is 5.31. The Morgan fingerprint density at radius 2 is 0.886 bits per heavy atom. The standard InChI is InChI=1S/C40H24N2S2/c1-2-10-37-33(5-1)36-24-27(11-12-38(36)43-37)31-6-3-8-34-35-9-4-7-32(40(35)44-39(31)34)30-22-28(25-13-17-41-18-14-25)21-29(23-30)26-15-19-42-20-16-26/h1-24H. The minimum atomic E-state index is 1.15. The van der Waals surface area contributed by atoms with Gasteiger partial charge in [-0.3, -0.25) is 9.97 Å². The third kappa shape index (κ3) is 4.15. The van der Waals surface area contributed by atoms with Gasteiger partial charge in [0.25, 0.3) is 0 Å². The summed E-state index contributed by atoms with van der Waals surface area (Å²) in [6.45, 7) is 0. The zero-order chi connectivity index (χ0) is 29.0. The van der Waals surface area contributed by atoms with Crippen molar-refractivity contribution in [1.82, 2.24) is 9.97 Å². The fraction of sp³-hybridized carbons (Fsp3) is 0. The molecule has 0 aliphatic heterocycles. The van der Waals surface area contributed by atoms with Gasteiger partial charge in [0, 0.05) is 65.1 Å². The van der Waals surface area contributed by atoms with Gasteiger partial charge in [0.2, 0.25) is 0 Å². The number of rotatable bonds is 4. The lowest BCUT2D eigenvalue weighted by Crippen LogP contribution is -1.87. The maximum Gasteiger partial charge on any atom is 0.0434 e. The molecule has 0 bridgehead atoms. The molecule has 0 aliphatic carbocycles. The third-order valence-electron chi connectivity index (χ3n) is 8.48. The van der Waals surface area contributed by atoms with Crippen LogP contribution in [-0.2, 0) is 0 Å². The lowest BCUT2D eigenvalue weighted by atomic mass is 9.93. The highest BCUT2D eigenvalue weighted by Gasteiger charge is 2.16. The lowest BCUT2D eigenvalue weighted by Gasteiger charge is -2.12. The number of aromatic nitrogens is 2. The van der Waals surface area contributed by atoms with Crippen LogP contribution in [0.1, 0.15) is 0 Å². The molecule has 0 spiro atoms. The minimum absolute atomic E-state index is 1.15. The number of hydrogen-bond acceptors (Lipinski definition) is 4. The second-order valence-electron chi connectivity index (χ2n) is 11.0. The molecule has 206 valence electrons. The monoisotopic (exact) mass is 596 g/mol. The molecule has 4 aromatic heterocycles. The van der Waals surface area contributed by atoms with Crippen LogP contribution in [0.3, 0.4) is 0 Å². The van der Waals surface area contributed by atoms with Crippen LogP contribution in [0.5, 0.6) is 0 Å². The van der Waals surface area contributed by atoms with Crippen molar-refractivity contribution in [2.45, 2.75) is 0 Å². The lowest BCUT2D eigenvalue weighted by molar-refractivity contribution is 1.33. The normalized spacial score (nSPS) is 11.6. The topological polar surface area (TPSA) is 25.8 Å². The highest BCUT2D eigenvalue weighted by Crippen LogP contribution is 2.46. The van der Waals surface area contributed by atoms with E-state index in [0.717, 1.165) is 11.1 Å². The molecule has 0 N–H and O–H groups in total. The smallest absolute Gasteiger partial charge is 0.0434 e. The molecular formula is C40H24N2S2. The number of thiophene rings is 2. The van der Waals surface area contributed by atoms with Crippen molar-refractivity contribution in [3.63, 3.8) is 0 Å². The first-order valence-corrected chi connectivity index (χ1v) is 16.3. The minimum Gasteiger partial charge on any atom is -0.265 e. The van der Waals surface area contributed by atoms with E-state index in [1.54, 1.807) is 0 Å². The van der Waals surface area contributed by atoms with Crippen LogP contribution in [0.2, 0.25) is 0 Å². The summed E-state index contributed by atoms with van der Waals surface area (Å²) in [4.78, 5) is 8.51. The van der Waals surface area contributed by atoms with Crippen LogP contribution < -0.4 is 0 Å². The number of pyridine rings is 2. The summed E-state index contributed by atoms with van der Waals surface area (Å²) in [6.07, 6.45) is 7.44. The molecule has 9 rings (SSSR count). The van der Waals surface area contributed by atoms with Gasteiger partial charge in [-0.1, -0.05) is 60.7 Å². The Morgan fingerprint density at radius 1 is 0.341 bits per heavy atom. The van der Waals surface area contributed by atoms with Crippen LogP contribution in [0, 0.1) is 0 Å². The van der Waals surface area contributed by atoms with Crippen molar-refractivity contribution in [3.8, 4) is 44.5 Å². The van der Waals surface area contributed by atoms with Crippen LogP contribution in [0.25, 0.3) is 84.9 Å². The number of hydrogen-bond donors (Lipinski definition) is 0. The van der Waals surface area contributed by atoms with Gasteiger partial charge in [-0.25, -0.2) is 0 Å². The fourth-order valence-corrected chi connectivity index (χ4v) is 8.83.